The van der Waals surface area contributed by atoms with Crippen LogP contribution in [-0.2, 0) is 0 Å². The monoisotopic (exact) mass is 155 g/mol. The Morgan fingerprint density at radius 2 is 2.00 bits per heavy atom. The summed E-state index contributed by atoms with van der Waals surface area (Å²) in [5.74, 6) is 0. The molecule has 1 nitrogen and oxygen atoms in total. The topological polar surface area (TPSA) is 12.0 Å². The fourth-order valence-corrected chi connectivity index (χ4v) is 0.589. The number of hydrogen-bond acceptors (Lipinski definition) is 1. The summed E-state index contributed by atoms with van der Waals surface area (Å²) in [4.78, 5) is -0.296. The quantitative estimate of drug-likeness (QED) is 0.614. The molecule has 0 aromatic heterocycles. The van der Waals surface area contributed by atoms with Crippen LogP contribution in [0.1, 0.15) is 13.8 Å². The first-order valence-corrected chi connectivity index (χ1v) is 3.57. The molecule has 0 aromatic carbocycles. The first-order valence-electron chi connectivity index (χ1n) is 2.70. The van der Waals surface area contributed by atoms with Gasteiger partial charge in [0, 0.05) is 6.04 Å². The molecule has 0 amide bonds. The molecule has 0 saturated heterocycles. The Bertz CT molecular complexity index is 56.4. The average molecular weight is 156 g/mol. The Hall–Kier alpha value is 0.540. The third-order valence-corrected chi connectivity index (χ3v) is 1.66. The SMILES string of the molecule is CCNC(C)C(Cl)Cl. The van der Waals surface area contributed by atoms with Gasteiger partial charge in [0.15, 0.2) is 0 Å². The second-order valence-electron chi connectivity index (χ2n) is 1.68. The Kier molecular flexibility index (Phi) is 4.72. The van der Waals surface area contributed by atoms with Crippen molar-refractivity contribution < 1.29 is 0 Å². The van der Waals surface area contributed by atoms with Crippen molar-refractivity contribution in [2.24, 2.45) is 0 Å². The molecule has 3 heteroatoms. The van der Waals surface area contributed by atoms with Crippen LogP contribution in [0.2, 0.25) is 0 Å². The lowest BCUT2D eigenvalue weighted by molar-refractivity contribution is 0.598. The minimum Gasteiger partial charge on any atom is -0.312 e. The summed E-state index contributed by atoms with van der Waals surface area (Å²) >= 11 is 11.0. The molecule has 0 radical (unpaired) electrons. The van der Waals surface area contributed by atoms with Crippen LogP contribution >= 0.6 is 23.2 Å². The molecule has 8 heavy (non-hydrogen) atoms. The molecule has 0 heterocycles. The number of rotatable bonds is 3. The van der Waals surface area contributed by atoms with Crippen LogP contribution in [0.5, 0.6) is 0 Å². The van der Waals surface area contributed by atoms with E-state index in [0.29, 0.717) is 0 Å². The summed E-state index contributed by atoms with van der Waals surface area (Å²) in [7, 11) is 0. The predicted molar refractivity (Wildman–Crippen MR) is 38.6 cm³/mol. The molecule has 0 aliphatic heterocycles. The van der Waals surface area contributed by atoms with Crippen LogP contribution in [0, 0.1) is 0 Å². The molecule has 0 saturated carbocycles. The molecule has 0 bridgehead atoms. The van der Waals surface area contributed by atoms with Crippen molar-refractivity contribution in [2.75, 3.05) is 6.54 Å². The van der Waals surface area contributed by atoms with Crippen LogP contribution in [-0.4, -0.2) is 17.4 Å². The number of nitrogens with one attached hydrogen (secondary N) is 1. The van der Waals surface area contributed by atoms with Crippen molar-refractivity contribution in [3.63, 3.8) is 0 Å². The zero-order valence-electron chi connectivity index (χ0n) is 5.12. The van der Waals surface area contributed by atoms with Crippen LogP contribution < -0.4 is 5.32 Å². The van der Waals surface area contributed by atoms with Crippen molar-refractivity contribution in [2.45, 2.75) is 24.7 Å². The van der Waals surface area contributed by atoms with Crippen molar-refractivity contribution in [3.05, 3.63) is 0 Å². The Morgan fingerprint density at radius 3 is 2.12 bits per heavy atom. The number of alkyl halides is 2. The Labute approximate surface area is 60.4 Å². The summed E-state index contributed by atoms with van der Waals surface area (Å²) in [6.07, 6.45) is 0. The fraction of sp³-hybridized carbons (Fsp3) is 1.00. The molecule has 1 atom stereocenters. The van der Waals surface area contributed by atoms with Crippen LogP contribution in [0.15, 0.2) is 0 Å². The number of hydrogen-bond donors (Lipinski definition) is 1. The lowest BCUT2D eigenvalue weighted by atomic mass is 10.4. The first-order chi connectivity index (χ1) is 3.68. The van der Waals surface area contributed by atoms with Crippen molar-refractivity contribution in [3.8, 4) is 0 Å². The molecule has 0 aromatic rings. The smallest absolute Gasteiger partial charge is 0.122 e. The van der Waals surface area contributed by atoms with Gasteiger partial charge in [-0.15, -0.1) is 23.2 Å². The zero-order valence-corrected chi connectivity index (χ0v) is 6.63. The maximum Gasteiger partial charge on any atom is 0.122 e. The van der Waals surface area contributed by atoms with Crippen LogP contribution in [0.25, 0.3) is 0 Å². The van der Waals surface area contributed by atoms with Crippen molar-refractivity contribution in [1.29, 1.82) is 0 Å². The van der Waals surface area contributed by atoms with Gasteiger partial charge in [-0.05, 0) is 13.5 Å². The molecule has 0 fully saturated rings. The number of halogens is 2. The fourth-order valence-electron chi connectivity index (χ4n) is 0.411. The van der Waals surface area contributed by atoms with Gasteiger partial charge in [-0.3, -0.25) is 0 Å². The maximum absolute atomic E-state index is 5.51. The zero-order chi connectivity index (χ0) is 6.57. The van der Waals surface area contributed by atoms with Crippen LogP contribution in [0.4, 0.5) is 0 Å². The second-order valence-corrected chi connectivity index (χ2v) is 2.84. The van der Waals surface area contributed by atoms with E-state index in [1.807, 2.05) is 13.8 Å². The lowest BCUT2D eigenvalue weighted by Gasteiger charge is -2.11. The second kappa shape index (κ2) is 4.42. The summed E-state index contributed by atoms with van der Waals surface area (Å²) < 4.78 is 0. The summed E-state index contributed by atoms with van der Waals surface area (Å²) in [5.41, 5.74) is 0. The van der Waals surface area contributed by atoms with Gasteiger partial charge in [-0.2, -0.15) is 0 Å². The maximum atomic E-state index is 5.51. The molecule has 1 N–H and O–H groups in total. The van der Waals surface area contributed by atoms with Crippen molar-refractivity contribution in [1.82, 2.24) is 5.32 Å². The van der Waals surface area contributed by atoms with E-state index in [9.17, 15) is 0 Å². The van der Waals surface area contributed by atoms with E-state index in [2.05, 4.69) is 5.32 Å². The highest BCUT2D eigenvalue weighted by Crippen LogP contribution is 2.05. The van der Waals surface area contributed by atoms with E-state index >= 15 is 0 Å². The van der Waals surface area contributed by atoms with Gasteiger partial charge >= 0.3 is 0 Å². The molecular weight excluding hydrogens is 145 g/mol. The van der Waals surface area contributed by atoms with Gasteiger partial charge in [0.05, 0.1) is 0 Å². The first kappa shape index (κ1) is 8.54. The van der Waals surface area contributed by atoms with E-state index in [-0.39, 0.29) is 10.9 Å². The van der Waals surface area contributed by atoms with Gasteiger partial charge in [0.1, 0.15) is 4.84 Å². The van der Waals surface area contributed by atoms with Gasteiger partial charge in [-0.1, -0.05) is 6.92 Å². The highest BCUT2D eigenvalue weighted by Gasteiger charge is 2.07. The third-order valence-electron chi connectivity index (χ3n) is 0.904. The van der Waals surface area contributed by atoms with E-state index in [1.165, 1.54) is 0 Å². The lowest BCUT2D eigenvalue weighted by Crippen LogP contribution is -2.30. The molecule has 0 rings (SSSR count). The van der Waals surface area contributed by atoms with Crippen molar-refractivity contribution >= 4 is 23.2 Å². The van der Waals surface area contributed by atoms with Gasteiger partial charge in [0.25, 0.3) is 0 Å². The standard InChI is InChI=1S/C5H11Cl2N/c1-3-8-4(2)5(6)7/h4-5,8H,3H2,1-2H3. The van der Waals surface area contributed by atoms with E-state index in [4.69, 9.17) is 23.2 Å². The Balaban J connectivity index is 3.17. The molecular formula is C5H11Cl2N. The van der Waals surface area contributed by atoms with Gasteiger partial charge in [-0.25, -0.2) is 0 Å². The van der Waals surface area contributed by atoms with E-state index < -0.39 is 0 Å². The third kappa shape index (κ3) is 3.53. The molecule has 0 aliphatic carbocycles. The van der Waals surface area contributed by atoms with E-state index in [0.717, 1.165) is 6.54 Å². The average Bonchev–Trinajstić information content (AvgIpc) is 1.67. The van der Waals surface area contributed by atoms with Gasteiger partial charge in [0.2, 0.25) is 0 Å². The molecule has 1 unspecified atom stereocenters. The molecule has 50 valence electrons. The largest absolute Gasteiger partial charge is 0.312 e. The summed E-state index contributed by atoms with van der Waals surface area (Å²) in [6.45, 7) is 4.89. The minimum absolute atomic E-state index is 0.198. The highest BCUT2D eigenvalue weighted by atomic mass is 35.5. The normalized spacial score (nSPS) is 14.6. The molecule has 0 aliphatic rings. The molecule has 0 spiro atoms. The summed E-state index contributed by atoms with van der Waals surface area (Å²) in [6, 6.07) is 0.198. The minimum atomic E-state index is -0.296. The Morgan fingerprint density at radius 1 is 1.50 bits per heavy atom. The van der Waals surface area contributed by atoms with Crippen LogP contribution in [0.3, 0.4) is 0 Å². The van der Waals surface area contributed by atoms with Gasteiger partial charge < -0.3 is 5.32 Å². The predicted octanol–water partition coefficient (Wildman–Crippen LogP) is 1.79. The summed E-state index contributed by atoms with van der Waals surface area (Å²) in [5, 5.41) is 3.08. The highest BCUT2D eigenvalue weighted by molar-refractivity contribution is 6.44. The van der Waals surface area contributed by atoms with E-state index in [1.54, 1.807) is 0 Å².